The molecule has 0 bridgehead atoms. The van der Waals surface area contributed by atoms with Gasteiger partial charge < -0.3 is 4.74 Å². The van der Waals surface area contributed by atoms with Crippen molar-refractivity contribution >= 4 is 17.6 Å². The maximum absolute atomic E-state index is 12.6. The number of alkyl halides is 3. The van der Waals surface area contributed by atoms with Crippen molar-refractivity contribution in [3.63, 3.8) is 0 Å². The summed E-state index contributed by atoms with van der Waals surface area (Å²) >= 11 is 5.54. The lowest BCUT2D eigenvalue weighted by Crippen LogP contribution is -2.13. The van der Waals surface area contributed by atoms with Gasteiger partial charge in [-0.1, -0.05) is 11.6 Å². The van der Waals surface area contributed by atoms with Gasteiger partial charge in [-0.3, -0.25) is 0 Å². The van der Waals surface area contributed by atoms with Gasteiger partial charge in [-0.2, -0.15) is 18.3 Å². The molecule has 21 heavy (non-hydrogen) atoms. The number of carbonyl (C=O) groups excluding carboxylic acids is 1. The Hall–Kier alpha value is -2.16. The standard InChI is InChI=1S/C11H8ClF3N4O2/c1-2-21-9(20)6-4-16-19(5-6)8-3-7(12)17-10(18-8)11(13,14)15/h3-5H,2H2,1H3. The molecule has 0 aliphatic rings. The monoisotopic (exact) mass is 320 g/mol. The molecule has 0 N–H and O–H groups in total. The third-order valence-electron chi connectivity index (χ3n) is 2.26. The van der Waals surface area contributed by atoms with E-state index in [0.717, 1.165) is 16.9 Å². The average Bonchev–Trinajstić information content (AvgIpc) is 2.87. The van der Waals surface area contributed by atoms with Crippen molar-refractivity contribution < 1.29 is 22.7 Å². The summed E-state index contributed by atoms with van der Waals surface area (Å²) in [6.07, 6.45) is -2.39. The molecule has 2 aromatic heterocycles. The van der Waals surface area contributed by atoms with Gasteiger partial charge in [-0.05, 0) is 6.92 Å². The Kier molecular flexibility index (Phi) is 4.12. The fourth-order valence-electron chi connectivity index (χ4n) is 1.42. The van der Waals surface area contributed by atoms with E-state index in [9.17, 15) is 18.0 Å². The summed E-state index contributed by atoms with van der Waals surface area (Å²) in [6.45, 7) is 1.80. The first kappa shape index (κ1) is 15.2. The second kappa shape index (κ2) is 5.68. The highest BCUT2D eigenvalue weighted by Gasteiger charge is 2.35. The van der Waals surface area contributed by atoms with Crippen LogP contribution in [0.2, 0.25) is 5.15 Å². The van der Waals surface area contributed by atoms with E-state index >= 15 is 0 Å². The molecule has 0 aromatic carbocycles. The number of carbonyl (C=O) groups is 1. The van der Waals surface area contributed by atoms with Crippen molar-refractivity contribution in [3.05, 3.63) is 35.0 Å². The topological polar surface area (TPSA) is 69.9 Å². The second-order valence-corrected chi connectivity index (χ2v) is 4.15. The van der Waals surface area contributed by atoms with Gasteiger partial charge in [-0.25, -0.2) is 19.4 Å². The molecule has 0 aliphatic heterocycles. The highest BCUT2D eigenvalue weighted by molar-refractivity contribution is 6.29. The fourth-order valence-corrected chi connectivity index (χ4v) is 1.60. The Bertz CT molecular complexity index is 672. The highest BCUT2D eigenvalue weighted by atomic mass is 35.5. The van der Waals surface area contributed by atoms with Crippen LogP contribution in [0.25, 0.3) is 5.82 Å². The van der Waals surface area contributed by atoms with Crippen molar-refractivity contribution in [1.29, 1.82) is 0 Å². The first-order valence-electron chi connectivity index (χ1n) is 5.65. The van der Waals surface area contributed by atoms with E-state index in [1.807, 2.05) is 0 Å². The minimum atomic E-state index is -4.74. The molecule has 6 nitrogen and oxygen atoms in total. The van der Waals surface area contributed by atoms with Crippen molar-refractivity contribution in [2.24, 2.45) is 0 Å². The highest BCUT2D eigenvalue weighted by Crippen LogP contribution is 2.27. The summed E-state index contributed by atoms with van der Waals surface area (Å²) in [5, 5.41) is 3.37. The van der Waals surface area contributed by atoms with E-state index in [-0.39, 0.29) is 23.1 Å². The number of esters is 1. The molecule has 2 rings (SSSR count). The van der Waals surface area contributed by atoms with E-state index in [0.29, 0.717) is 0 Å². The lowest BCUT2D eigenvalue weighted by molar-refractivity contribution is -0.145. The first-order valence-corrected chi connectivity index (χ1v) is 6.03. The quantitative estimate of drug-likeness (QED) is 0.642. The largest absolute Gasteiger partial charge is 0.462 e. The minimum absolute atomic E-state index is 0.0835. The van der Waals surface area contributed by atoms with Crippen molar-refractivity contribution in [2.45, 2.75) is 13.1 Å². The van der Waals surface area contributed by atoms with Crippen molar-refractivity contribution in [3.8, 4) is 5.82 Å². The van der Waals surface area contributed by atoms with Crippen molar-refractivity contribution in [1.82, 2.24) is 19.7 Å². The molecule has 112 valence electrons. The van der Waals surface area contributed by atoms with Crippen LogP contribution in [0.1, 0.15) is 23.1 Å². The molecular formula is C11H8ClF3N4O2. The molecule has 2 heterocycles. The zero-order valence-electron chi connectivity index (χ0n) is 10.6. The van der Waals surface area contributed by atoms with E-state index < -0.39 is 18.0 Å². The van der Waals surface area contributed by atoms with Gasteiger partial charge in [0.25, 0.3) is 0 Å². The molecule has 0 saturated carbocycles. The fraction of sp³-hybridized carbons (Fsp3) is 0.273. The zero-order valence-corrected chi connectivity index (χ0v) is 11.3. The van der Waals surface area contributed by atoms with E-state index in [2.05, 4.69) is 15.1 Å². The number of ether oxygens (including phenoxy) is 1. The predicted molar refractivity (Wildman–Crippen MR) is 65.1 cm³/mol. The number of halogens is 4. The maximum atomic E-state index is 12.6. The second-order valence-electron chi connectivity index (χ2n) is 3.76. The molecule has 0 unspecified atom stereocenters. The molecular weight excluding hydrogens is 313 g/mol. The molecule has 0 amide bonds. The van der Waals surface area contributed by atoms with Gasteiger partial charge in [-0.15, -0.1) is 0 Å². The van der Waals surface area contributed by atoms with E-state index in [1.54, 1.807) is 6.92 Å². The summed E-state index contributed by atoms with van der Waals surface area (Å²) < 4.78 is 43.6. The number of nitrogens with zero attached hydrogens (tertiary/aromatic N) is 4. The predicted octanol–water partition coefficient (Wildman–Crippen LogP) is 2.51. The summed E-state index contributed by atoms with van der Waals surface area (Å²) in [4.78, 5) is 17.9. The van der Waals surface area contributed by atoms with E-state index in [4.69, 9.17) is 16.3 Å². The van der Waals surface area contributed by atoms with Gasteiger partial charge >= 0.3 is 12.1 Å². The van der Waals surface area contributed by atoms with Crippen LogP contribution in [0.5, 0.6) is 0 Å². The van der Waals surface area contributed by atoms with Crippen LogP contribution in [0, 0.1) is 0 Å². The van der Waals surface area contributed by atoms with Crippen molar-refractivity contribution in [2.75, 3.05) is 6.61 Å². The molecule has 0 radical (unpaired) electrons. The first-order chi connectivity index (χ1) is 9.81. The zero-order chi connectivity index (χ0) is 15.6. The van der Waals surface area contributed by atoms with Gasteiger partial charge in [0.15, 0.2) is 5.82 Å². The Morgan fingerprint density at radius 2 is 2.14 bits per heavy atom. The molecule has 0 aliphatic carbocycles. The number of aromatic nitrogens is 4. The van der Waals surface area contributed by atoms with Gasteiger partial charge in [0.05, 0.1) is 18.4 Å². The SMILES string of the molecule is CCOC(=O)c1cnn(-c2cc(Cl)nc(C(F)(F)F)n2)c1. The lowest BCUT2D eigenvalue weighted by Gasteiger charge is -2.07. The number of hydrogen-bond acceptors (Lipinski definition) is 5. The van der Waals surface area contributed by atoms with Crippen LogP contribution in [0.3, 0.4) is 0 Å². The lowest BCUT2D eigenvalue weighted by atomic mass is 10.4. The molecule has 0 saturated heterocycles. The van der Waals surface area contributed by atoms with Crippen LogP contribution in [-0.4, -0.2) is 32.3 Å². The van der Waals surface area contributed by atoms with Crippen LogP contribution in [0.4, 0.5) is 13.2 Å². The minimum Gasteiger partial charge on any atom is -0.462 e. The number of hydrogen-bond donors (Lipinski definition) is 0. The molecule has 2 aromatic rings. The average molecular weight is 321 g/mol. The third kappa shape index (κ3) is 3.48. The Morgan fingerprint density at radius 3 is 2.76 bits per heavy atom. The van der Waals surface area contributed by atoms with Crippen LogP contribution in [0.15, 0.2) is 18.5 Å². The number of rotatable bonds is 3. The summed E-state index contributed by atoms with van der Waals surface area (Å²) in [6, 6.07) is 1.10. The Labute approximate surface area is 121 Å². The Morgan fingerprint density at radius 1 is 1.43 bits per heavy atom. The smallest absolute Gasteiger partial charge is 0.451 e. The normalized spacial score (nSPS) is 11.5. The molecule has 0 fully saturated rings. The summed E-state index contributed by atoms with van der Waals surface area (Å²) in [5.74, 6) is -2.24. The molecule has 10 heteroatoms. The van der Waals surface area contributed by atoms with E-state index in [1.165, 1.54) is 6.20 Å². The Balaban J connectivity index is 2.39. The molecule has 0 spiro atoms. The maximum Gasteiger partial charge on any atom is 0.451 e. The van der Waals surface area contributed by atoms with Gasteiger partial charge in [0, 0.05) is 12.3 Å². The third-order valence-corrected chi connectivity index (χ3v) is 2.46. The summed E-state index contributed by atoms with van der Waals surface area (Å²) in [5.41, 5.74) is 0.0835. The summed E-state index contributed by atoms with van der Waals surface area (Å²) in [7, 11) is 0. The molecule has 0 atom stereocenters. The van der Waals surface area contributed by atoms with Crippen LogP contribution < -0.4 is 0 Å². The van der Waals surface area contributed by atoms with Crippen LogP contribution in [-0.2, 0) is 10.9 Å². The van der Waals surface area contributed by atoms with Gasteiger partial charge in [0.2, 0.25) is 5.82 Å². The van der Waals surface area contributed by atoms with Crippen LogP contribution >= 0.6 is 11.6 Å². The van der Waals surface area contributed by atoms with Gasteiger partial charge in [0.1, 0.15) is 5.15 Å².